The maximum atomic E-state index is 13.2. The van der Waals surface area contributed by atoms with Gasteiger partial charge in [0.25, 0.3) is 0 Å². The Morgan fingerprint density at radius 1 is 1.28 bits per heavy atom. The van der Waals surface area contributed by atoms with Crippen LogP contribution in [0.2, 0.25) is 0 Å². The Balaban J connectivity index is 1.78. The number of Topliss-reactive ketones (excluding diaryl/α,β-unsaturated/α-hetero) is 1. The number of carbonyl (C=O) groups excluding carboxylic acids is 1. The van der Waals surface area contributed by atoms with E-state index in [1.807, 2.05) is 0 Å². The lowest BCUT2D eigenvalue weighted by Crippen LogP contribution is -2.42. The lowest BCUT2D eigenvalue weighted by Gasteiger charge is -2.35. The van der Waals surface area contributed by atoms with Gasteiger partial charge in [-0.3, -0.25) is 4.79 Å². The summed E-state index contributed by atoms with van der Waals surface area (Å²) in [6, 6.07) is 7.19. The highest BCUT2D eigenvalue weighted by molar-refractivity contribution is 5.98. The van der Waals surface area contributed by atoms with Crippen LogP contribution in [0, 0.1) is 11.7 Å². The molecule has 0 aromatic heterocycles. The van der Waals surface area contributed by atoms with Crippen molar-refractivity contribution in [3.63, 3.8) is 0 Å². The van der Waals surface area contributed by atoms with Crippen LogP contribution in [0.3, 0.4) is 0 Å². The summed E-state index contributed by atoms with van der Waals surface area (Å²) in [4.78, 5) is 14.8. The van der Waals surface area contributed by atoms with Crippen LogP contribution < -0.4 is 0 Å². The molecule has 2 unspecified atom stereocenters. The highest BCUT2D eigenvalue weighted by Crippen LogP contribution is 2.38. The zero-order valence-corrected chi connectivity index (χ0v) is 10.6. The molecule has 0 amide bonds. The molecule has 18 heavy (non-hydrogen) atoms. The first-order valence-corrected chi connectivity index (χ1v) is 6.67. The number of rotatable bonds is 2. The molecular formula is C15H18FNO. The Morgan fingerprint density at radius 3 is 2.56 bits per heavy atom. The van der Waals surface area contributed by atoms with Crippen LogP contribution in [0.1, 0.15) is 36.0 Å². The average molecular weight is 247 g/mol. The fourth-order valence-electron chi connectivity index (χ4n) is 3.50. The number of carbonyl (C=O) groups is 1. The third-order valence-corrected chi connectivity index (χ3v) is 4.58. The van der Waals surface area contributed by atoms with E-state index in [-0.39, 0.29) is 17.5 Å². The highest BCUT2D eigenvalue weighted by atomic mass is 19.1. The second-order valence-electron chi connectivity index (χ2n) is 5.59. The van der Waals surface area contributed by atoms with Crippen molar-refractivity contribution in [3.05, 3.63) is 35.6 Å². The summed E-state index contributed by atoms with van der Waals surface area (Å²) in [6.07, 6.45) is 4.27. The molecule has 1 aromatic carbocycles. The Morgan fingerprint density at radius 2 is 1.94 bits per heavy atom. The fraction of sp³-hybridized carbons (Fsp3) is 0.533. The predicted octanol–water partition coefficient (Wildman–Crippen LogP) is 2.88. The van der Waals surface area contributed by atoms with Gasteiger partial charge in [0.1, 0.15) is 5.82 Å². The molecule has 2 nitrogen and oxygen atoms in total. The van der Waals surface area contributed by atoms with Gasteiger partial charge in [0.05, 0.1) is 0 Å². The molecule has 0 radical (unpaired) electrons. The molecule has 2 bridgehead atoms. The van der Waals surface area contributed by atoms with Crippen molar-refractivity contribution in [3.8, 4) is 0 Å². The quantitative estimate of drug-likeness (QED) is 0.749. The van der Waals surface area contributed by atoms with Crippen molar-refractivity contribution in [1.29, 1.82) is 0 Å². The number of piperidine rings is 1. The molecule has 3 heteroatoms. The summed E-state index contributed by atoms with van der Waals surface area (Å²) in [7, 11) is 2.16. The van der Waals surface area contributed by atoms with Crippen molar-refractivity contribution >= 4 is 5.78 Å². The smallest absolute Gasteiger partial charge is 0.166 e. The van der Waals surface area contributed by atoms with Crippen molar-refractivity contribution in [2.45, 2.75) is 37.8 Å². The highest BCUT2D eigenvalue weighted by Gasteiger charge is 2.40. The van der Waals surface area contributed by atoms with Gasteiger partial charge in [-0.1, -0.05) is 12.1 Å². The summed E-state index contributed by atoms with van der Waals surface area (Å²) in [6.45, 7) is 0. The van der Waals surface area contributed by atoms with Gasteiger partial charge in [-0.25, -0.2) is 4.39 Å². The second-order valence-corrected chi connectivity index (χ2v) is 5.59. The van der Waals surface area contributed by atoms with E-state index in [0.717, 1.165) is 12.8 Å². The van der Waals surface area contributed by atoms with E-state index in [1.165, 1.54) is 25.0 Å². The minimum atomic E-state index is -0.322. The molecule has 2 saturated heterocycles. The Bertz CT molecular complexity index is 459. The zero-order valence-electron chi connectivity index (χ0n) is 10.6. The van der Waals surface area contributed by atoms with Gasteiger partial charge in [0.15, 0.2) is 5.78 Å². The molecule has 96 valence electrons. The third-order valence-electron chi connectivity index (χ3n) is 4.58. The molecule has 2 aliphatic heterocycles. The molecule has 2 atom stereocenters. The molecule has 0 N–H and O–H groups in total. The van der Waals surface area contributed by atoms with E-state index < -0.39 is 0 Å². The SMILES string of the molecule is CN1C2CCC1CC(C(=O)c1cccc(F)c1)C2. The lowest BCUT2D eigenvalue weighted by atomic mass is 9.85. The molecule has 2 fully saturated rings. The van der Waals surface area contributed by atoms with Crippen LogP contribution in [0.15, 0.2) is 24.3 Å². The molecule has 0 spiro atoms. The van der Waals surface area contributed by atoms with E-state index >= 15 is 0 Å². The van der Waals surface area contributed by atoms with E-state index in [9.17, 15) is 9.18 Å². The second kappa shape index (κ2) is 4.47. The van der Waals surface area contributed by atoms with E-state index in [2.05, 4.69) is 11.9 Å². The van der Waals surface area contributed by atoms with Gasteiger partial charge in [0, 0.05) is 23.6 Å². The van der Waals surface area contributed by atoms with Gasteiger partial charge < -0.3 is 4.90 Å². The van der Waals surface area contributed by atoms with E-state index in [4.69, 9.17) is 0 Å². The topological polar surface area (TPSA) is 20.3 Å². The minimum absolute atomic E-state index is 0.0838. The lowest BCUT2D eigenvalue weighted by molar-refractivity contribution is 0.0766. The van der Waals surface area contributed by atoms with Gasteiger partial charge >= 0.3 is 0 Å². The maximum absolute atomic E-state index is 13.2. The predicted molar refractivity (Wildman–Crippen MR) is 68.0 cm³/mol. The molecule has 0 saturated carbocycles. The molecule has 2 aliphatic rings. The molecular weight excluding hydrogens is 229 g/mol. The largest absolute Gasteiger partial charge is 0.300 e. The summed E-state index contributed by atoms with van der Waals surface area (Å²) < 4.78 is 13.2. The monoisotopic (exact) mass is 247 g/mol. The molecule has 3 rings (SSSR count). The van der Waals surface area contributed by atoms with Crippen LogP contribution >= 0.6 is 0 Å². The van der Waals surface area contributed by atoms with Crippen LogP contribution in [0.25, 0.3) is 0 Å². The molecule has 2 heterocycles. The minimum Gasteiger partial charge on any atom is -0.300 e. The summed E-state index contributed by atoms with van der Waals surface area (Å²) in [5, 5.41) is 0. The summed E-state index contributed by atoms with van der Waals surface area (Å²) in [5.74, 6) is -0.114. The number of nitrogens with zero attached hydrogens (tertiary/aromatic N) is 1. The fourth-order valence-corrected chi connectivity index (χ4v) is 3.50. The van der Waals surface area contributed by atoms with Crippen molar-refractivity contribution in [1.82, 2.24) is 4.90 Å². The summed E-state index contributed by atoms with van der Waals surface area (Å²) in [5.41, 5.74) is 0.531. The molecule has 0 aliphatic carbocycles. The normalized spacial score (nSPS) is 31.6. The number of hydrogen-bond donors (Lipinski definition) is 0. The first kappa shape index (κ1) is 11.8. The number of fused-ring (bicyclic) bond motifs is 2. The zero-order chi connectivity index (χ0) is 12.7. The van der Waals surface area contributed by atoms with Gasteiger partial charge in [-0.15, -0.1) is 0 Å². The van der Waals surface area contributed by atoms with Crippen LogP contribution in [0.5, 0.6) is 0 Å². The average Bonchev–Trinajstić information content (AvgIpc) is 2.61. The third kappa shape index (κ3) is 1.97. The first-order valence-electron chi connectivity index (χ1n) is 6.67. The number of ketones is 1. The van der Waals surface area contributed by atoms with E-state index in [0.29, 0.717) is 17.6 Å². The van der Waals surface area contributed by atoms with E-state index in [1.54, 1.807) is 12.1 Å². The maximum Gasteiger partial charge on any atom is 0.166 e. The molecule has 1 aromatic rings. The Hall–Kier alpha value is -1.22. The van der Waals surface area contributed by atoms with Gasteiger partial charge in [-0.2, -0.15) is 0 Å². The van der Waals surface area contributed by atoms with Crippen molar-refractivity contribution in [2.75, 3.05) is 7.05 Å². The van der Waals surface area contributed by atoms with Crippen LogP contribution in [-0.2, 0) is 0 Å². The first-order chi connectivity index (χ1) is 8.65. The number of hydrogen-bond acceptors (Lipinski definition) is 2. The Labute approximate surface area is 107 Å². The standard InChI is InChI=1S/C15H18FNO/c1-17-13-5-6-14(17)9-11(8-13)15(18)10-3-2-4-12(16)7-10/h2-4,7,11,13-14H,5-6,8-9H2,1H3. The summed E-state index contributed by atoms with van der Waals surface area (Å²) >= 11 is 0. The number of halogens is 1. The number of benzene rings is 1. The Kier molecular flexibility index (Phi) is 2.94. The van der Waals surface area contributed by atoms with Crippen molar-refractivity contribution in [2.24, 2.45) is 5.92 Å². The van der Waals surface area contributed by atoms with Gasteiger partial charge in [-0.05, 0) is 44.9 Å². The van der Waals surface area contributed by atoms with Crippen molar-refractivity contribution < 1.29 is 9.18 Å². The van der Waals surface area contributed by atoms with Crippen LogP contribution in [-0.4, -0.2) is 29.8 Å². The van der Waals surface area contributed by atoms with Crippen LogP contribution in [0.4, 0.5) is 4.39 Å². The van der Waals surface area contributed by atoms with Gasteiger partial charge in [0.2, 0.25) is 0 Å².